The van der Waals surface area contributed by atoms with E-state index in [1.165, 1.54) is 12.8 Å². The average Bonchev–Trinajstić information content (AvgIpc) is 2.45. The molecule has 0 spiro atoms. The smallest absolute Gasteiger partial charge is 0.000375 e. The molecule has 0 aromatic rings. The van der Waals surface area contributed by atoms with E-state index in [4.69, 9.17) is 5.41 Å². The Balaban J connectivity index is 2.19. The number of rotatable bonds is 1. The summed E-state index contributed by atoms with van der Waals surface area (Å²) in [4.78, 5) is 0. The highest BCUT2D eigenvalue weighted by Gasteiger charge is 2.33. The number of hydrogen-bond donors (Lipinski definition) is 1. The van der Waals surface area contributed by atoms with Gasteiger partial charge in [-0.05, 0) is 30.9 Å². The number of hydrogen-bond acceptors (Lipinski definition) is 1. The third kappa shape index (κ3) is 0.640. The molecule has 2 aliphatic carbocycles. The molecule has 48 valence electrons. The van der Waals surface area contributed by atoms with E-state index in [1.54, 1.807) is 6.21 Å². The van der Waals surface area contributed by atoms with Crippen LogP contribution in [0.5, 0.6) is 0 Å². The lowest BCUT2D eigenvalue weighted by molar-refractivity contribution is 0.593. The van der Waals surface area contributed by atoms with E-state index in [9.17, 15) is 0 Å². The molecule has 0 aromatic heterocycles. The van der Waals surface area contributed by atoms with Crippen molar-refractivity contribution >= 4 is 6.21 Å². The van der Waals surface area contributed by atoms with Gasteiger partial charge in [0.1, 0.15) is 0 Å². The molecule has 2 rings (SSSR count). The van der Waals surface area contributed by atoms with Gasteiger partial charge in [-0.3, -0.25) is 0 Å². The maximum atomic E-state index is 7.10. The summed E-state index contributed by atoms with van der Waals surface area (Å²) < 4.78 is 0. The Hall–Kier alpha value is -0.590. The fraction of sp³-hybridized carbons (Fsp3) is 0.625. The van der Waals surface area contributed by atoms with Crippen molar-refractivity contribution < 1.29 is 0 Å². The van der Waals surface area contributed by atoms with Gasteiger partial charge in [-0.1, -0.05) is 12.2 Å². The zero-order chi connectivity index (χ0) is 6.27. The number of allylic oxidation sites excluding steroid dienone is 2. The van der Waals surface area contributed by atoms with E-state index >= 15 is 0 Å². The van der Waals surface area contributed by atoms with Gasteiger partial charge < -0.3 is 5.41 Å². The van der Waals surface area contributed by atoms with Crippen molar-refractivity contribution in [2.75, 3.05) is 0 Å². The van der Waals surface area contributed by atoms with Crippen LogP contribution in [-0.2, 0) is 0 Å². The molecule has 2 aliphatic rings. The lowest BCUT2D eigenvalue weighted by atomic mass is 9.95. The number of nitrogens with one attached hydrogen (secondary N) is 1. The minimum absolute atomic E-state index is 0.583. The molecule has 1 heteroatoms. The molecule has 1 fully saturated rings. The van der Waals surface area contributed by atoms with Gasteiger partial charge in [-0.15, -0.1) is 0 Å². The monoisotopic (exact) mass is 121 g/mol. The Morgan fingerprint density at radius 2 is 2.22 bits per heavy atom. The largest absolute Gasteiger partial charge is 0.313 e. The van der Waals surface area contributed by atoms with Crippen molar-refractivity contribution in [2.45, 2.75) is 12.8 Å². The van der Waals surface area contributed by atoms with Gasteiger partial charge in [0.05, 0.1) is 0 Å². The molecule has 0 radical (unpaired) electrons. The van der Waals surface area contributed by atoms with E-state index < -0.39 is 0 Å². The third-order valence-corrected chi connectivity index (χ3v) is 2.54. The van der Waals surface area contributed by atoms with Crippen molar-refractivity contribution in [2.24, 2.45) is 17.8 Å². The minimum Gasteiger partial charge on any atom is -0.313 e. The van der Waals surface area contributed by atoms with Crippen LogP contribution in [0.2, 0.25) is 0 Å². The fourth-order valence-corrected chi connectivity index (χ4v) is 2.01. The fourth-order valence-electron chi connectivity index (χ4n) is 2.01. The first-order chi connectivity index (χ1) is 4.40. The number of fused-ring (bicyclic) bond motifs is 2. The zero-order valence-corrected chi connectivity index (χ0v) is 5.38. The Bertz CT molecular complexity index is 160. The molecule has 1 saturated carbocycles. The molecule has 0 heterocycles. The van der Waals surface area contributed by atoms with Crippen molar-refractivity contribution in [1.29, 1.82) is 5.41 Å². The molecule has 2 bridgehead atoms. The van der Waals surface area contributed by atoms with Crippen LogP contribution in [0.1, 0.15) is 12.8 Å². The molecule has 3 atom stereocenters. The van der Waals surface area contributed by atoms with Crippen LogP contribution in [0, 0.1) is 23.2 Å². The first-order valence-electron chi connectivity index (χ1n) is 3.59. The van der Waals surface area contributed by atoms with Crippen LogP contribution < -0.4 is 0 Å². The Kier molecular flexibility index (Phi) is 0.981. The first kappa shape index (κ1) is 5.21. The topological polar surface area (TPSA) is 23.9 Å². The summed E-state index contributed by atoms with van der Waals surface area (Å²) in [7, 11) is 0. The minimum atomic E-state index is 0.583. The van der Waals surface area contributed by atoms with Crippen molar-refractivity contribution in [1.82, 2.24) is 0 Å². The maximum Gasteiger partial charge on any atom is 0.000375 e. The Morgan fingerprint density at radius 1 is 1.33 bits per heavy atom. The maximum absolute atomic E-state index is 7.10. The summed E-state index contributed by atoms with van der Waals surface area (Å²) >= 11 is 0. The zero-order valence-electron chi connectivity index (χ0n) is 5.38. The van der Waals surface area contributed by atoms with Crippen LogP contribution in [0.4, 0.5) is 0 Å². The lowest BCUT2D eigenvalue weighted by Crippen LogP contribution is -2.06. The Labute approximate surface area is 55.3 Å². The van der Waals surface area contributed by atoms with Crippen LogP contribution >= 0.6 is 0 Å². The second-order valence-electron chi connectivity index (χ2n) is 3.11. The molecule has 1 N–H and O–H groups in total. The molecular weight excluding hydrogens is 110 g/mol. The molecule has 0 aromatic carbocycles. The van der Waals surface area contributed by atoms with Crippen molar-refractivity contribution in [3.63, 3.8) is 0 Å². The predicted octanol–water partition coefficient (Wildman–Crippen LogP) is 1.85. The van der Waals surface area contributed by atoms with E-state index in [2.05, 4.69) is 12.2 Å². The van der Waals surface area contributed by atoms with E-state index in [1.807, 2.05) is 0 Å². The summed E-state index contributed by atoms with van der Waals surface area (Å²) in [5.74, 6) is 2.13. The summed E-state index contributed by atoms with van der Waals surface area (Å²) in [6.45, 7) is 0. The van der Waals surface area contributed by atoms with Gasteiger partial charge in [-0.2, -0.15) is 0 Å². The summed E-state index contributed by atoms with van der Waals surface area (Å²) in [5.41, 5.74) is 0. The normalized spacial score (nSPS) is 46.0. The summed E-state index contributed by atoms with van der Waals surface area (Å²) in [6.07, 6.45) is 8.77. The molecule has 3 unspecified atom stereocenters. The predicted molar refractivity (Wildman–Crippen MR) is 37.6 cm³/mol. The third-order valence-electron chi connectivity index (χ3n) is 2.54. The van der Waals surface area contributed by atoms with E-state index in [0.717, 1.165) is 11.8 Å². The Morgan fingerprint density at radius 3 is 2.56 bits per heavy atom. The van der Waals surface area contributed by atoms with Gasteiger partial charge in [0, 0.05) is 5.92 Å². The SMILES string of the molecule is N=CC1CC2C=CC1C2. The van der Waals surface area contributed by atoms with Crippen molar-refractivity contribution in [3.05, 3.63) is 12.2 Å². The second kappa shape index (κ2) is 1.69. The molecular formula is C8H11N. The first-order valence-corrected chi connectivity index (χ1v) is 3.59. The molecule has 0 aliphatic heterocycles. The standard InChI is InChI=1S/C8H11N/c9-5-8-4-6-1-2-7(8)3-6/h1-2,5-9H,3-4H2. The average molecular weight is 121 g/mol. The van der Waals surface area contributed by atoms with Crippen LogP contribution in [-0.4, -0.2) is 6.21 Å². The van der Waals surface area contributed by atoms with Gasteiger partial charge in [0.15, 0.2) is 0 Å². The van der Waals surface area contributed by atoms with E-state index in [-0.39, 0.29) is 0 Å². The highest BCUT2D eigenvalue weighted by atomic mass is 14.4. The lowest BCUT2D eigenvalue weighted by Gasteiger charge is -2.10. The molecule has 0 saturated heterocycles. The van der Waals surface area contributed by atoms with Crippen LogP contribution in [0.25, 0.3) is 0 Å². The van der Waals surface area contributed by atoms with Gasteiger partial charge in [0.25, 0.3) is 0 Å². The molecule has 0 amide bonds. The van der Waals surface area contributed by atoms with E-state index in [0.29, 0.717) is 5.92 Å². The molecule has 9 heavy (non-hydrogen) atoms. The van der Waals surface area contributed by atoms with Crippen molar-refractivity contribution in [3.8, 4) is 0 Å². The highest BCUT2D eigenvalue weighted by molar-refractivity contribution is 5.59. The van der Waals surface area contributed by atoms with Crippen LogP contribution in [0.15, 0.2) is 12.2 Å². The molecule has 1 nitrogen and oxygen atoms in total. The summed E-state index contributed by atoms with van der Waals surface area (Å²) in [6, 6.07) is 0. The van der Waals surface area contributed by atoms with Crippen LogP contribution in [0.3, 0.4) is 0 Å². The summed E-state index contributed by atoms with van der Waals surface area (Å²) in [5, 5.41) is 7.10. The second-order valence-corrected chi connectivity index (χ2v) is 3.11. The van der Waals surface area contributed by atoms with Gasteiger partial charge in [0.2, 0.25) is 0 Å². The highest BCUT2D eigenvalue weighted by Crippen LogP contribution is 2.42. The van der Waals surface area contributed by atoms with Gasteiger partial charge in [-0.25, -0.2) is 0 Å². The van der Waals surface area contributed by atoms with Gasteiger partial charge >= 0.3 is 0 Å². The quantitative estimate of drug-likeness (QED) is 0.404.